The van der Waals surface area contributed by atoms with Crippen LogP contribution in [0, 0.1) is 0 Å². The number of hydrogen-bond donors (Lipinski definition) is 1. The summed E-state index contributed by atoms with van der Waals surface area (Å²) in [5, 5.41) is 12.1. The highest BCUT2D eigenvalue weighted by Crippen LogP contribution is 2.35. The van der Waals surface area contributed by atoms with Crippen LogP contribution in [0.5, 0.6) is 17.2 Å². The Balaban J connectivity index is 1.45. The van der Waals surface area contributed by atoms with Gasteiger partial charge in [-0.15, -0.1) is 10.2 Å². The molecular weight excluding hydrogens is 432 g/mol. The predicted octanol–water partition coefficient (Wildman–Crippen LogP) is 3.34. The van der Waals surface area contributed by atoms with Crippen molar-refractivity contribution in [3.8, 4) is 17.2 Å². The molecule has 2 amide bonds. The maximum Gasteiger partial charge on any atom is 0.257 e. The van der Waals surface area contributed by atoms with Gasteiger partial charge in [-0.05, 0) is 36.4 Å². The Morgan fingerprint density at radius 2 is 1.66 bits per heavy atom. The minimum absolute atomic E-state index is 0.0180. The summed E-state index contributed by atoms with van der Waals surface area (Å²) in [7, 11) is 4.64. The van der Waals surface area contributed by atoms with Crippen molar-refractivity contribution < 1.29 is 23.8 Å². The lowest BCUT2D eigenvalue weighted by molar-refractivity contribution is -0.117. The highest BCUT2D eigenvalue weighted by Gasteiger charge is 2.34. The molecule has 4 rings (SSSR count). The average Bonchev–Trinajstić information content (AvgIpc) is 3.45. The highest BCUT2D eigenvalue weighted by atomic mass is 32.1. The number of anilines is 2. The molecule has 1 aliphatic heterocycles. The number of aromatic nitrogens is 2. The van der Waals surface area contributed by atoms with E-state index in [0.29, 0.717) is 40.2 Å². The molecule has 1 fully saturated rings. The Hall–Kier alpha value is -3.66. The van der Waals surface area contributed by atoms with Gasteiger partial charge in [-0.1, -0.05) is 11.3 Å². The van der Waals surface area contributed by atoms with E-state index < -0.39 is 0 Å². The average molecular weight is 455 g/mol. The molecule has 166 valence electrons. The van der Waals surface area contributed by atoms with E-state index in [2.05, 4.69) is 15.5 Å². The van der Waals surface area contributed by atoms with Crippen LogP contribution in [-0.2, 0) is 4.79 Å². The van der Waals surface area contributed by atoms with Crippen LogP contribution in [0.3, 0.4) is 0 Å². The summed E-state index contributed by atoms with van der Waals surface area (Å²) in [5.41, 5.74) is 1.18. The van der Waals surface area contributed by atoms with E-state index >= 15 is 0 Å². The number of nitrogens with one attached hydrogen (secondary N) is 1. The van der Waals surface area contributed by atoms with Gasteiger partial charge in [0, 0.05) is 36.2 Å². The summed E-state index contributed by atoms with van der Waals surface area (Å²) in [5.74, 6) is 1.32. The molecule has 10 heteroatoms. The fourth-order valence-electron chi connectivity index (χ4n) is 3.44. The fraction of sp³-hybridized carbons (Fsp3) is 0.273. The summed E-state index contributed by atoms with van der Waals surface area (Å²) in [4.78, 5) is 27.0. The number of carbonyl (C=O) groups is 2. The molecule has 1 N–H and O–H groups in total. The zero-order chi connectivity index (χ0) is 22.7. The molecule has 1 atom stereocenters. The van der Waals surface area contributed by atoms with E-state index in [4.69, 9.17) is 14.2 Å². The quantitative estimate of drug-likeness (QED) is 0.584. The van der Waals surface area contributed by atoms with Crippen molar-refractivity contribution in [1.82, 2.24) is 10.2 Å². The molecule has 0 aliphatic carbocycles. The van der Waals surface area contributed by atoms with E-state index in [1.54, 1.807) is 30.2 Å². The summed E-state index contributed by atoms with van der Waals surface area (Å²) in [6, 6.07) is 12.3. The monoisotopic (exact) mass is 454 g/mol. The van der Waals surface area contributed by atoms with Crippen molar-refractivity contribution in [2.75, 3.05) is 38.1 Å². The smallest absolute Gasteiger partial charge is 0.257 e. The Morgan fingerprint density at radius 1 is 1.00 bits per heavy atom. The van der Waals surface area contributed by atoms with E-state index in [1.165, 1.54) is 25.6 Å². The molecule has 2 heterocycles. The van der Waals surface area contributed by atoms with Gasteiger partial charge >= 0.3 is 0 Å². The van der Waals surface area contributed by atoms with E-state index in [0.717, 1.165) is 11.4 Å². The molecule has 0 radical (unpaired) electrons. The molecule has 32 heavy (non-hydrogen) atoms. The maximum absolute atomic E-state index is 12.7. The minimum Gasteiger partial charge on any atom is -0.497 e. The first-order chi connectivity index (χ1) is 15.5. The normalized spacial score (nSPS) is 15.5. The zero-order valence-electron chi connectivity index (χ0n) is 17.8. The summed E-state index contributed by atoms with van der Waals surface area (Å²) in [6.07, 6.45) is 0.335. The van der Waals surface area contributed by atoms with Crippen LogP contribution >= 0.6 is 11.3 Å². The van der Waals surface area contributed by atoms with E-state index in [-0.39, 0.29) is 17.7 Å². The van der Waals surface area contributed by atoms with Crippen LogP contribution in [0.1, 0.15) is 27.7 Å². The summed E-state index contributed by atoms with van der Waals surface area (Å²) >= 11 is 1.26. The zero-order valence-corrected chi connectivity index (χ0v) is 18.6. The first kappa shape index (κ1) is 21.6. The standard InChI is InChI=1S/C22H22N4O5S/c1-29-16-6-4-15(5-7-16)26-12-14(10-19(26)27)21-24-25-22(32-21)23-20(28)13-8-17(30-2)11-18(9-13)31-3/h4-9,11,14H,10,12H2,1-3H3,(H,23,25,28). The lowest BCUT2D eigenvalue weighted by atomic mass is 10.1. The van der Waals surface area contributed by atoms with Crippen LogP contribution in [0.25, 0.3) is 0 Å². The second-order valence-corrected chi connectivity index (χ2v) is 8.11. The number of ether oxygens (including phenoxy) is 3. The fourth-order valence-corrected chi connectivity index (χ4v) is 4.27. The van der Waals surface area contributed by atoms with Crippen molar-refractivity contribution in [3.05, 3.63) is 53.0 Å². The second-order valence-electron chi connectivity index (χ2n) is 7.10. The van der Waals surface area contributed by atoms with Gasteiger partial charge in [-0.3, -0.25) is 14.9 Å². The van der Waals surface area contributed by atoms with E-state index in [1.807, 2.05) is 24.3 Å². The number of methoxy groups -OCH3 is 3. The number of benzene rings is 2. The Morgan fingerprint density at radius 3 is 2.28 bits per heavy atom. The molecule has 2 aromatic carbocycles. The first-order valence-corrected chi connectivity index (χ1v) is 10.6. The molecule has 0 bridgehead atoms. The summed E-state index contributed by atoms with van der Waals surface area (Å²) in [6.45, 7) is 0.501. The number of amides is 2. The lowest BCUT2D eigenvalue weighted by Crippen LogP contribution is -2.24. The molecule has 0 spiro atoms. The van der Waals surface area contributed by atoms with Gasteiger partial charge in [-0.2, -0.15) is 0 Å². The van der Waals surface area contributed by atoms with Crippen molar-refractivity contribution >= 4 is 34.0 Å². The van der Waals surface area contributed by atoms with Crippen LogP contribution < -0.4 is 24.4 Å². The van der Waals surface area contributed by atoms with Gasteiger partial charge in [-0.25, -0.2) is 0 Å². The lowest BCUT2D eigenvalue weighted by Gasteiger charge is -2.16. The van der Waals surface area contributed by atoms with Crippen LogP contribution in [0.15, 0.2) is 42.5 Å². The third-order valence-corrected chi connectivity index (χ3v) is 6.13. The van der Waals surface area contributed by atoms with Crippen molar-refractivity contribution in [1.29, 1.82) is 0 Å². The third-order valence-electron chi connectivity index (χ3n) is 5.13. The van der Waals surface area contributed by atoms with Gasteiger partial charge in [0.05, 0.1) is 21.3 Å². The molecule has 9 nitrogen and oxygen atoms in total. The highest BCUT2D eigenvalue weighted by molar-refractivity contribution is 7.15. The molecule has 1 unspecified atom stereocenters. The number of rotatable bonds is 7. The molecular formula is C22H22N4O5S. The van der Waals surface area contributed by atoms with Gasteiger partial charge in [0.25, 0.3) is 5.91 Å². The van der Waals surface area contributed by atoms with Crippen LogP contribution in [0.4, 0.5) is 10.8 Å². The van der Waals surface area contributed by atoms with Gasteiger partial charge < -0.3 is 19.1 Å². The SMILES string of the molecule is COc1ccc(N2CC(c3nnc(NC(=O)c4cc(OC)cc(OC)c4)s3)CC2=O)cc1. The van der Waals surface area contributed by atoms with Crippen molar-refractivity contribution in [2.24, 2.45) is 0 Å². The largest absolute Gasteiger partial charge is 0.497 e. The van der Waals surface area contributed by atoms with Gasteiger partial charge in [0.2, 0.25) is 11.0 Å². The number of nitrogens with zero attached hydrogens (tertiary/aromatic N) is 3. The molecule has 1 aliphatic rings. The van der Waals surface area contributed by atoms with Crippen LogP contribution in [-0.4, -0.2) is 49.9 Å². The Labute approximate surface area is 188 Å². The van der Waals surface area contributed by atoms with Crippen molar-refractivity contribution in [3.63, 3.8) is 0 Å². The maximum atomic E-state index is 12.7. The topological polar surface area (TPSA) is 103 Å². The minimum atomic E-state index is -0.354. The molecule has 1 aromatic heterocycles. The number of hydrogen-bond acceptors (Lipinski definition) is 8. The molecule has 3 aromatic rings. The first-order valence-electron chi connectivity index (χ1n) is 9.83. The number of carbonyl (C=O) groups excluding carboxylic acids is 2. The van der Waals surface area contributed by atoms with Gasteiger partial charge in [0.15, 0.2) is 0 Å². The Kier molecular flexibility index (Phi) is 6.22. The summed E-state index contributed by atoms with van der Waals surface area (Å²) < 4.78 is 15.6. The molecule has 1 saturated heterocycles. The molecule has 0 saturated carbocycles. The predicted molar refractivity (Wildman–Crippen MR) is 120 cm³/mol. The van der Waals surface area contributed by atoms with Crippen LogP contribution in [0.2, 0.25) is 0 Å². The van der Waals surface area contributed by atoms with Gasteiger partial charge in [0.1, 0.15) is 22.3 Å². The van der Waals surface area contributed by atoms with E-state index in [9.17, 15) is 9.59 Å². The van der Waals surface area contributed by atoms with Crippen molar-refractivity contribution in [2.45, 2.75) is 12.3 Å². The third kappa shape index (κ3) is 4.50. The Bertz CT molecular complexity index is 1110. The second kappa shape index (κ2) is 9.23.